The van der Waals surface area contributed by atoms with Gasteiger partial charge in [0.05, 0.1) is 19.2 Å². The molecule has 0 saturated carbocycles. The average Bonchev–Trinajstić information content (AvgIpc) is 3.16. The Morgan fingerprint density at radius 2 is 1.17 bits per heavy atom. The summed E-state index contributed by atoms with van der Waals surface area (Å²) in [6.45, 7) is -0.194. The van der Waals surface area contributed by atoms with E-state index in [2.05, 4.69) is 41.9 Å². The molecule has 0 fully saturated rings. The van der Waals surface area contributed by atoms with Crippen molar-refractivity contribution in [3.05, 3.63) is 35.9 Å². The third-order valence-electron chi connectivity index (χ3n) is 8.10. The van der Waals surface area contributed by atoms with Gasteiger partial charge < -0.3 is 76.5 Å². The number of rotatable bonds is 27. The van der Waals surface area contributed by atoms with Crippen LogP contribution >= 0.6 is 0 Å². The monoisotopic (exact) mass is 820 g/mol. The number of guanidine groups is 2. The van der Waals surface area contributed by atoms with E-state index in [1.165, 1.54) is 6.92 Å². The lowest BCUT2D eigenvalue weighted by molar-refractivity contribution is -0.142. The van der Waals surface area contributed by atoms with E-state index >= 15 is 0 Å². The molecular weight excluding hydrogens is 764 g/mol. The van der Waals surface area contributed by atoms with E-state index in [-0.39, 0.29) is 63.5 Å². The lowest BCUT2D eigenvalue weighted by Crippen LogP contribution is -2.59. The molecule has 6 atom stereocenters. The third kappa shape index (κ3) is 20.4. The Morgan fingerprint density at radius 1 is 0.655 bits per heavy atom. The highest BCUT2D eigenvalue weighted by molar-refractivity contribution is 5.96. The van der Waals surface area contributed by atoms with Crippen molar-refractivity contribution in [2.24, 2.45) is 44.4 Å². The van der Waals surface area contributed by atoms with E-state index in [9.17, 15) is 48.6 Å². The molecule has 0 aliphatic rings. The van der Waals surface area contributed by atoms with E-state index < -0.39 is 96.7 Å². The first-order chi connectivity index (χ1) is 27.3. The number of nitrogens with two attached hydrogens (primary N) is 6. The van der Waals surface area contributed by atoms with Crippen LogP contribution in [0.25, 0.3) is 0 Å². The van der Waals surface area contributed by atoms with Crippen molar-refractivity contribution in [2.45, 2.75) is 88.1 Å². The number of carbonyl (C=O) groups excluding carboxylic acids is 7. The maximum absolute atomic E-state index is 13.7. The van der Waals surface area contributed by atoms with Crippen molar-refractivity contribution in [2.75, 3.05) is 26.2 Å². The van der Waals surface area contributed by atoms with E-state index in [1.54, 1.807) is 30.3 Å². The summed E-state index contributed by atoms with van der Waals surface area (Å²) in [7, 11) is 0. The van der Waals surface area contributed by atoms with Crippen molar-refractivity contribution in [3.63, 3.8) is 0 Å². The second-order valence-electron chi connectivity index (χ2n) is 13.0. The Bertz CT molecular complexity index is 1620. The topological polar surface area (TPSA) is 430 Å². The number of primary amides is 1. The molecule has 0 aliphatic heterocycles. The number of amides is 7. The van der Waals surface area contributed by atoms with Gasteiger partial charge in [-0.2, -0.15) is 0 Å². The van der Waals surface area contributed by atoms with Crippen LogP contribution in [0.15, 0.2) is 40.3 Å². The molecule has 24 heteroatoms. The Labute approximate surface area is 334 Å². The first-order valence-corrected chi connectivity index (χ1v) is 18.1. The van der Waals surface area contributed by atoms with Crippen LogP contribution in [-0.4, -0.2) is 132 Å². The van der Waals surface area contributed by atoms with Crippen molar-refractivity contribution < 1.29 is 48.6 Å². The van der Waals surface area contributed by atoms with Gasteiger partial charge in [-0.25, -0.2) is 0 Å². The summed E-state index contributed by atoms with van der Waals surface area (Å²) in [5.74, 6) is -7.75. The Hall–Kier alpha value is -6.56. The molecular formula is C34H56N14O10. The van der Waals surface area contributed by atoms with Gasteiger partial charge in [0.1, 0.15) is 30.2 Å². The number of aliphatic hydroxyl groups is 1. The number of carbonyl (C=O) groups is 8. The van der Waals surface area contributed by atoms with Gasteiger partial charge in [0.15, 0.2) is 11.9 Å². The van der Waals surface area contributed by atoms with Crippen LogP contribution in [0.2, 0.25) is 0 Å². The molecule has 1 aromatic carbocycles. The highest BCUT2D eigenvalue weighted by Crippen LogP contribution is 2.07. The number of carboxylic acid groups (broad SMARTS) is 1. The zero-order valence-corrected chi connectivity index (χ0v) is 32.1. The molecule has 24 nitrogen and oxygen atoms in total. The molecule has 0 spiro atoms. The first kappa shape index (κ1) is 49.5. The molecule has 0 radical (unpaired) electrons. The average molecular weight is 821 g/mol. The number of aliphatic hydroxyl groups excluding tert-OH is 1. The number of hydrogen-bond acceptors (Lipinski definition) is 12. The van der Waals surface area contributed by atoms with Crippen LogP contribution in [0.3, 0.4) is 0 Å². The summed E-state index contributed by atoms with van der Waals surface area (Å²) in [5, 5.41) is 33.5. The molecule has 0 unspecified atom stereocenters. The number of carboxylic acids is 1. The molecule has 1 aromatic rings. The van der Waals surface area contributed by atoms with Crippen LogP contribution in [-0.2, 0) is 44.8 Å². The number of hydrogen-bond donors (Lipinski definition) is 14. The van der Waals surface area contributed by atoms with E-state index in [1.807, 2.05) is 0 Å². The molecule has 58 heavy (non-hydrogen) atoms. The number of benzene rings is 1. The highest BCUT2D eigenvalue weighted by atomic mass is 16.4. The van der Waals surface area contributed by atoms with Gasteiger partial charge in [-0.1, -0.05) is 30.3 Å². The molecule has 0 bridgehead atoms. The van der Waals surface area contributed by atoms with Gasteiger partial charge in [-0.05, 0) is 44.6 Å². The van der Waals surface area contributed by atoms with E-state index in [4.69, 9.17) is 34.4 Å². The predicted molar refractivity (Wildman–Crippen MR) is 209 cm³/mol. The second kappa shape index (κ2) is 26.3. The molecule has 7 amide bonds. The van der Waals surface area contributed by atoms with Gasteiger partial charge in [-0.3, -0.25) is 48.3 Å². The molecule has 0 aliphatic carbocycles. The number of aliphatic imine (C=N–C) groups is 2. The summed E-state index contributed by atoms with van der Waals surface area (Å²) < 4.78 is 0. The zero-order valence-electron chi connectivity index (χ0n) is 32.1. The van der Waals surface area contributed by atoms with E-state index in [0.717, 1.165) is 0 Å². The zero-order chi connectivity index (χ0) is 43.8. The van der Waals surface area contributed by atoms with Crippen LogP contribution in [0.1, 0.15) is 51.0 Å². The maximum atomic E-state index is 13.7. The van der Waals surface area contributed by atoms with Crippen LogP contribution in [0.5, 0.6) is 0 Å². The molecule has 0 saturated heterocycles. The largest absolute Gasteiger partial charge is 0.480 e. The first-order valence-electron chi connectivity index (χ1n) is 18.1. The minimum absolute atomic E-state index is 0.0334. The fourth-order valence-electron chi connectivity index (χ4n) is 4.97. The maximum Gasteiger partial charge on any atom is 0.325 e. The molecule has 1 rings (SSSR count). The summed E-state index contributed by atoms with van der Waals surface area (Å²) in [6, 6.07) is 0.361. The second-order valence-corrected chi connectivity index (χ2v) is 13.0. The van der Waals surface area contributed by atoms with Crippen molar-refractivity contribution in [1.82, 2.24) is 31.9 Å². The van der Waals surface area contributed by atoms with Gasteiger partial charge in [0, 0.05) is 25.9 Å². The van der Waals surface area contributed by atoms with Crippen LogP contribution in [0, 0.1) is 0 Å². The van der Waals surface area contributed by atoms with Gasteiger partial charge in [0.2, 0.25) is 41.4 Å². The molecule has 0 aromatic heterocycles. The van der Waals surface area contributed by atoms with E-state index in [0.29, 0.717) is 12.0 Å². The van der Waals surface area contributed by atoms with Crippen molar-refractivity contribution in [3.8, 4) is 0 Å². The van der Waals surface area contributed by atoms with Gasteiger partial charge in [-0.15, -0.1) is 0 Å². The van der Waals surface area contributed by atoms with Crippen molar-refractivity contribution >= 4 is 59.2 Å². The number of aliphatic carboxylic acids is 1. The summed E-state index contributed by atoms with van der Waals surface area (Å²) >= 11 is 0. The lowest BCUT2D eigenvalue weighted by Gasteiger charge is -2.25. The predicted octanol–water partition coefficient (Wildman–Crippen LogP) is -6.43. The normalized spacial score (nSPS) is 13.7. The SMILES string of the molecule is C[C@H](NC(=O)[C@H](CCCN=C(N)N)NC(=O)[C@H](Cc1ccccc1)NC(=O)[C@H](CO)NC(=O)CNC(=O)[C@H](CCC(N)=O)NC(=O)[C@@H](N)CCCN=C(N)N)C(=O)O. The lowest BCUT2D eigenvalue weighted by atomic mass is 10.0. The fraction of sp³-hybridized carbons (Fsp3) is 0.529. The minimum Gasteiger partial charge on any atom is -0.480 e. The Balaban J connectivity index is 3.08. The fourth-order valence-corrected chi connectivity index (χ4v) is 4.97. The highest BCUT2D eigenvalue weighted by Gasteiger charge is 2.31. The smallest absolute Gasteiger partial charge is 0.325 e. The van der Waals surface area contributed by atoms with Crippen LogP contribution < -0.4 is 66.3 Å². The van der Waals surface area contributed by atoms with Gasteiger partial charge in [0.25, 0.3) is 0 Å². The number of nitrogens with one attached hydrogen (secondary N) is 6. The molecule has 322 valence electrons. The van der Waals surface area contributed by atoms with Gasteiger partial charge >= 0.3 is 5.97 Å². The number of nitrogens with zero attached hydrogens (tertiary/aromatic N) is 2. The minimum atomic E-state index is -1.65. The Kier molecular flexibility index (Phi) is 22.4. The Morgan fingerprint density at radius 3 is 1.72 bits per heavy atom. The quantitative estimate of drug-likeness (QED) is 0.0223. The van der Waals surface area contributed by atoms with Crippen LogP contribution in [0.4, 0.5) is 0 Å². The summed E-state index contributed by atoms with van der Waals surface area (Å²) in [5.41, 5.74) is 32.9. The summed E-state index contributed by atoms with van der Waals surface area (Å²) in [6.07, 6.45) is -0.0120. The standard InChI is InChI=1S/C34H56N14O10/c1-18(32(57)58)44-29(54)21(10-6-14-42-34(39)40)47-30(55)23(15-19-7-3-2-4-8-19)48-31(56)24(17-49)45-26(51)16-43-28(53)22(11-12-25(36)50)46-27(52)20(35)9-5-13-41-33(37)38/h2-4,7-8,18,20-24,49H,5-6,9-17,35H2,1H3,(H2,36,50)(H,43,53)(H,44,54)(H,45,51)(H,46,52)(H,47,55)(H,48,56)(H,57,58)(H4,37,38,41)(H4,39,40,42)/t18-,20-,21-,22-,23-,24-/m0/s1. The third-order valence-corrected chi connectivity index (χ3v) is 8.10. The summed E-state index contributed by atoms with van der Waals surface area (Å²) in [4.78, 5) is 109. The van der Waals surface area contributed by atoms with Crippen molar-refractivity contribution in [1.29, 1.82) is 0 Å². The molecule has 0 heterocycles. The molecule has 20 N–H and O–H groups in total.